The SMILES string of the molecule is O=Cc1ccc2nccc(-c3ccc(C(=O)Nc4cccc(CN5CCCCC5)c4)s3)c2c1. The largest absolute Gasteiger partial charge is 0.321 e. The third kappa shape index (κ3) is 4.87. The Kier molecular flexibility index (Phi) is 6.28. The summed E-state index contributed by atoms with van der Waals surface area (Å²) >= 11 is 1.44. The molecule has 1 N–H and O–H groups in total. The first kappa shape index (κ1) is 21.5. The Morgan fingerprint density at radius 1 is 1.03 bits per heavy atom. The van der Waals surface area contributed by atoms with E-state index in [1.807, 2.05) is 42.5 Å². The average molecular weight is 456 g/mol. The zero-order valence-corrected chi connectivity index (χ0v) is 19.1. The smallest absolute Gasteiger partial charge is 0.265 e. The maximum Gasteiger partial charge on any atom is 0.265 e. The molecule has 0 unspecified atom stereocenters. The van der Waals surface area contributed by atoms with Gasteiger partial charge in [0.1, 0.15) is 6.29 Å². The Morgan fingerprint density at radius 2 is 1.91 bits per heavy atom. The predicted molar refractivity (Wildman–Crippen MR) is 134 cm³/mol. The number of hydrogen-bond acceptors (Lipinski definition) is 5. The van der Waals surface area contributed by atoms with Crippen molar-refractivity contribution >= 4 is 40.1 Å². The summed E-state index contributed by atoms with van der Waals surface area (Å²) in [6, 6.07) is 19.3. The lowest BCUT2D eigenvalue weighted by Gasteiger charge is -2.26. The van der Waals surface area contributed by atoms with Crippen molar-refractivity contribution in [3.05, 3.63) is 82.9 Å². The van der Waals surface area contributed by atoms with E-state index < -0.39 is 0 Å². The third-order valence-electron chi connectivity index (χ3n) is 6.04. The number of hydrogen-bond donors (Lipinski definition) is 1. The van der Waals surface area contributed by atoms with E-state index in [1.54, 1.807) is 12.3 Å². The van der Waals surface area contributed by atoms with Gasteiger partial charge >= 0.3 is 0 Å². The van der Waals surface area contributed by atoms with Crippen molar-refractivity contribution in [2.75, 3.05) is 18.4 Å². The Bertz CT molecular complexity index is 1310. The highest BCUT2D eigenvalue weighted by atomic mass is 32.1. The number of pyridine rings is 1. The van der Waals surface area contributed by atoms with Gasteiger partial charge < -0.3 is 5.32 Å². The number of anilines is 1. The summed E-state index contributed by atoms with van der Waals surface area (Å²) in [5.41, 5.74) is 4.43. The molecule has 0 radical (unpaired) electrons. The van der Waals surface area contributed by atoms with Gasteiger partial charge in [-0.05, 0) is 80.0 Å². The van der Waals surface area contributed by atoms with E-state index in [0.717, 1.165) is 53.0 Å². The van der Waals surface area contributed by atoms with Crippen molar-refractivity contribution < 1.29 is 9.59 Å². The number of nitrogens with one attached hydrogen (secondary N) is 1. The molecule has 4 aromatic rings. The highest BCUT2D eigenvalue weighted by Crippen LogP contribution is 2.33. The maximum absolute atomic E-state index is 13.0. The Hall–Kier alpha value is -3.35. The highest BCUT2D eigenvalue weighted by Gasteiger charge is 2.14. The van der Waals surface area contributed by atoms with Crippen LogP contribution in [0.4, 0.5) is 5.69 Å². The van der Waals surface area contributed by atoms with Crippen LogP contribution in [0, 0.1) is 0 Å². The number of carbonyl (C=O) groups excluding carboxylic acids is 2. The number of nitrogens with zero attached hydrogens (tertiary/aromatic N) is 2. The van der Waals surface area contributed by atoms with Gasteiger partial charge in [-0.2, -0.15) is 0 Å². The minimum atomic E-state index is -0.117. The topological polar surface area (TPSA) is 62.3 Å². The lowest BCUT2D eigenvalue weighted by Crippen LogP contribution is -2.29. The maximum atomic E-state index is 13.0. The Labute approximate surface area is 197 Å². The minimum Gasteiger partial charge on any atom is -0.321 e. The Balaban J connectivity index is 1.34. The summed E-state index contributed by atoms with van der Waals surface area (Å²) < 4.78 is 0. The summed E-state index contributed by atoms with van der Waals surface area (Å²) in [4.78, 5) is 32.7. The first-order valence-electron chi connectivity index (χ1n) is 11.3. The van der Waals surface area contributed by atoms with Crippen molar-refractivity contribution in [2.24, 2.45) is 0 Å². The van der Waals surface area contributed by atoms with Crippen LogP contribution < -0.4 is 5.32 Å². The number of likely N-dealkylation sites (tertiary alicyclic amines) is 1. The molecule has 0 bridgehead atoms. The lowest BCUT2D eigenvalue weighted by molar-refractivity contribution is 0.103. The molecule has 3 heterocycles. The fraction of sp³-hybridized carbons (Fsp3) is 0.222. The molecule has 166 valence electrons. The summed E-state index contributed by atoms with van der Waals surface area (Å²) in [6.07, 6.45) is 6.44. The second-order valence-electron chi connectivity index (χ2n) is 8.41. The van der Waals surface area contributed by atoms with Crippen LogP contribution in [0.25, 0.3) is 21.3 Å². The second-order valence-corrected chi connectivity index (χ2v) is 9.49. The number of piperidine rings is 1. The van der Waals surface area contributed by atoms with Gasteiger partial charge in [-0.25, -0.2) is 0 Å². The Morgan fingerprint density at radius 3 is 2.76 bits per heavy atom. The minimum absolute atomic E-state index is 0.117. The molecule has 1 aliphatic heterocycles. The molecule has 1 fully saturated rings. The first-order chi connectivity index (χ1) is 16.2. The lowest BCUT2D eigenvalue weighted by atomic mass is 10.1. The van der Waals surface area contributed by atoms with Crippen LogP contribution in [-0.4, -0.2) is 35.2 Å². The number of aldehydes is 1. The molecule has 2 aromatic carbocycles. The molecule has 0 saturated carbocycles. The van der Waals surface area contributed by atoms with Gasteiger partial charge in [-0.3, -0.25) is 19.5 Å². The van der Waals surface area contributed by atoms with E-state index in [4.69, 9.17) is 0 Å². The van der Waals surface area contributed by atoms with Gasteiger partial charge in [-0.1, -0.05) is 18.6 Å². The van der Waals surface area contributed by atoms with Gasteiger partial charge in [0.2, 0.25) is 0 Å². The molecule has 5 nitrogen and oxygen atoms in total. The first-order valence-corrected chi connectivity index (χ1v) is 12.1. The molecular weight excluding hydrogens is 430 g/mol. The summed E-state index contributed by atoms with van der Waals surface area (Å²) in [5.74, 6) is -0.117. The van der Waals surface area contributed by atoms with Crippen LogP contribution in [0.3, 0.4) is 0 Å². The van der Waals surface area contributed by atoms with Crippen molar-refractivity contribution in [2.45, 2.75) is 25.8 Å². The van der Waals surface area contributed by atoms with Crippen molar-refractivity contribution in [1.82, 2.24) is 9.88 Å². The standard InChI is InChI=1S/C27H25N3O2S/c31-18-20-7-8-24-23(16-20)22(11-12-28-24)25-9-10-26(33-25)27(32)29-21-6-4-5-19(15-21)17-30-13-2-1-3-14-30/h4-12,15-16,18H,1-3,13-14,17H2,(H,29,32). The van der Waals surface area contributed by atoms with Gasteiger partial charge in [-0.15, -0.1) is 11.3 Å². The quantitative estimate of drug-likeness (QED) is 0.362. The number of fused-ring (bicyclic) bond motifs is 1. The predicted octanol–water partition coefficient (Wildman–Crippen LogP) is 6.01. The van der Waals surface area contributed by atoms with Crippen LogP contribution in [0.2, 0.25) is 0 Å². The highest BCUT2D eigenvalue weighted by molar-refractivity contribution is 7.17. The summed E-state index contributed by atoms with van der Waals surface area (Å²) in [6.45, 7) is 3.21. The molecule has 0 aliphatic carbocycles. The van der Waals surface area contributed by atoms with Gasteiger partial charge in [0, 0.05) is 39.8 Å². The molecule has 5 rings (SSSR count). The molecular formula is C27H25N3O2S. The fourth-order valence-electron chi connectivity index (χ4n) is 4.37. The zero-order chi connectivity index (χ0) is 22.6. The van der Waals surface area contributed by atoms with E-state index in [1.165, 1.54) is 36.2 Å². The van der Waals surface area contributed by atoms with Gasteiger partial charge in [0.05, 0.1) is 10.4 Å². The van der Waals surface area contributed by atoms with E-state index in [9.17, 15) is 9.59 Å². The van der Waals surface area contributed by atoms with Gasteiger partial charge in [0.15, 0.2) is 0 Å². The summed E-state index contributed by atoms with van der Waals surface area (Å²) in [7, 11) is 0. The monoisotopic (exact) mass is 455 g/mol. The van der Waals surface area contributed by atoms with Crippen molar-refractivity contribution in [3.8, 4) is 10.4 Å². The fourth-order valence-corrected chi connectivity index (χ4v) is 5.31. The number of thiophene rings is 1. The number of amides is 1. The molecule has 6 heteroatoms. The number of carbonyl (C=O) groups is 2. The van der Waals surface area contributed by atoms with Crippen LogP contribution in [-0.2, 0) is 6.54 Å². The zero-order valence-electron chi connectivity index (χ0n) is 18.3. The number of benzene rings is 2. The number of aromatic nitrogens is 1. The van der Waals surface area contributed by atoms with E-state index >= 15 is 0 Å². The number of rotatable bonds is 6. The third-order valence-corrected chi connectivity index (χ3v) is 7.15. The second kappa shape index (κ2) is 9.65. The van der Waals surface area contributed by atoms with E-state index in [-0.39, 0.29) is 5.91 Å². The molecule has 0 spiro atoms. The van der Waals surface area contributed by atoms with Crippen molar-refractivity contribution in [1.29, 1.82) is 0 Å². The van der Waals surface area contributed by atoms with E-state index in [0.29, 0.717) is 10.4 Å². The van der Waals surface area contributed by atoms with Crippen LogP contribution in [0.5, 0.6) is 0 Å². The average Bonchev–Trinajstić information content (AvgIpc) is 3.34. The van der Waals surface area contributed by atoms with Gasteiger partial charge in [0.25, 0.3) is 5.91 Å². The summed E-state index contributed by atoms with van der Waals surface area (Å²) in [5, 5.41) is 3.95. The molecule has 1 aliphatic rings. The van der Waals surface area contributed by atoms with Crippen molar-refractivity contribution in [3.63, 3.8) is 0 Å². The normalized spacial score (nSPS) is 14.3. The van der Waals surface area contributed by atoms with Crippen LogP contribution in [0.1, 0.15) is 44.9 Å². The molecule has 0 atom stereocenters. The van der Waals surface area contributed by atoms with Crippen LogP contribution in [0.15, 0.2) is 66.9 Å². The molecule has 2 aromatic heterocycles. The molecule has 1 amide bonds. The molecule has 1 saturated heterocycles. The van der Waals surface area contributed by atoms with Crippen LogP contribution >= 0.6 is 11.3 Å². The molecule has 33 heavy (non-hydrogen) atoms. The van der Waals surface area contributed by atoms with E-state index in [2.05, 4.69) is 27.3 Å².